The Kier molecular flexibility index (Phi) is 6.74. The molecule has 1 fully saturated rings. The van der Waals surface area contributed by atoms with Gasteiger partial charge < -0.3 is 26.8 Å². The summed E-state index contributed by atoms with van der Waals surface area (Å²) in [5, 5.41) is 6.56. The van der Waals surface area contributed by atoms with Crippen molar-refractivity contribution < 1.29 is 9.53 Å². The van der Waals surface area contributed by atoms with Gasteiger partial charge in [-0.15, -0.1) is 0 Å². The molecule has 33 heavy (non-hydrogen) atoms. The number of nitrogens with zero attached hydrogens (tertiary/aromatic N) is 2. The van der Waals surface area contributed by atoms with Gasteiger partial charge in [-0.25, -0.2) is 4.98 Å². The Balaban J connectivity index is 1.61. The maximum Gasteiger partial charge on any atom is 0.254 e. The summed E-state index contributed by atoms with van der Waals surface area (Å²) < 4.78 is 5.46. The first-order chi connectivity index (χ1) is 15.9. The second-order valence-corrected chi connectivity index (χ2v) is 8.41. The minimum absolute atomic E-state index is 0.0535. The normalized spacial score (nSPS) is 17.9. The van der Waals surface area contributed by atoms with E-state index in [1.807, 2.05) is 49.4 Å². The molecule has 172 valence electrons. The highest BCUT2D eigenvalue weighted by Gasteiger charge is 2.23. The molecule has 4 rings (SSSR count). The first kappa shape index (κ1) is 22.5. The maximum atomic E-state index is 12.0. The predicted octanol–water partition coefficient (Wildman–Crippen LogP) is 3.98. The first-order valence-corrected chi connectivity index (χ1v) is 11.2. The Hall–Kier alpha value is -3.65. The van der Waals surface area contributed by atoms with E-state index in [1.54, 1.807) is 7.11 Å². The number of aryl methyl sites for hydroxylation is 1. The Bertz CT molecular complexity index is 1150. The Morgan fingerprint density at radius 3 is 2.67 bits per heavy atom. The summed E-state index contributed by atoms with van der Waals surface area (Å²) in [5.41, 5.74) is 15.9. The molecular weight excluding hydrogens is 416 g/mol. The molecule has 3 aromatic rings. The number of nitrogens with one attached hydrogen (secondary N) is 2. The van der Waals surface area contributed by atoms with Crippen LogP contribution in [0.5, 0.6) is 5.75 Å². The van der Waals surface area contributed by atoms with Crippen LogP contribution in [0.3, 0.4) is 0 Å². The van der Waals surface area contributed by atoms with Crippen LogP contribution in [0.15, 0.2) is 48.7 Å². The van der Waals surface area contributed by atoms with Crippen molar-refractivity contribution in [2.24, 2.45) is 11.5 Å². The molecule has 0 spiro atoms. The van der Waals surface area contributed by atoms with E-state index in [4.69, 9.17) is 16.2 Å². The van der Waals surface area contributed by atoms with Crippen molar-refractivity contribution in [3.05, 3.63) is 59.8 Å². The maximum absolute atomic E-state index is 12.0. The standard InChI is InChI=1S/C25H30N6O2/c1-15-10-11-17(13-22(15)33-2)16-6-5-7-18(12-16)29-24-19(23(27)32)14-28-25(31-24)30-21-9-4-3-8-20(21)26/h5-7,10-14,20-21H,3-4,8-9,26H2,1-2H3,(H2,27,32)(H2,28,29,30,31)/t20-,21+/m0/s1. The summed E-state index contributed by atoms with van der Waals surface area (Å²) in [6, 6.07) is 14.1. The topological polar surface area (TPSA) is 128 Å². The number of nitrogens with two attached hydrogens (primary N) is 2. The van der Waals surface area contributed by atoms with Gasteiger partial charge in [0, 0.05) is 24.0 Å². The lowest BCUT2D eigenvalue weighted by atomic mass is 9.91. The van der Waals surface area contributed by atoms with Crippen LogP contribution in [-0.2, 0) is 0 Å². The molecule has 6 N–H and O–H groups in total. The molecule has 1 heterocycles. The predicted molar refractivity (Wildman–Crippen MR) is 131 cm³/mol. The van der Waals surface area contributed by atoms with Gasteiger partial charge in [0.1, 0.15) is 17.1 Å². The zero-order valence-electron chi connectivity index (χ0n) is 19.0. The van der Waals surface area contributed by atoms with Gasteiger partial charge in [-0.1, -0.05) is 37.1 Å². The minimum Gasteiger partial charge on any atom is -0.496 e. The van der Waals surface area contributed by atoms with Crippen LogP contribution in [0.4, 0.5) is 17.5 Å². The number of amides is 1. The third kappa shape index (κ3) is 5.23. The molecule has 0 saturated heterocycles. The monoisotopic (exact) mass is 446 g/mol. The van der Waals surface area contributed by atoms with E-state index in [0.29, 0.717) is 11.8 Å². The number of hydrogen-bond donors (Lipinski definition) is 4. The fourth-order valence-electron chi connectivity index (χ4n) is 4.14. The lowest BCUT2D eigenvalue weighted by Gasteiger charge is -2.29. The molecule has 0 aliphatic heterocycles. The average Bonchev–Trinajstić information content (AvgIpc) is 2.81. The zero-order chi connectivity index (χ0) is 23.4. The number of methoxy groups -OCH3 is 1. The number of carbonyl (C=O) groups excluding carboxylic acids is 1. The summed E-state index contributed by atoms with van der Waals surface area (Å²) in [4.78, 5) is 20.8. The van der Waals surface area contributed by atoms with E-state index < -0.39 is 5.91 Å². The average molecular weight is 447 g/mol. The van der Waals surface area contributed by atoms with E-state index in [-0.39, 0.29) is 17.6 Å². The molecule has 1 aliphatic carbocycles. The van der Waals surface area contributed by atoms with Crippen LogP contribution in [0.25, 0.3) is 11.1 Å². The number of carbonyl (C=O) groups is 1. The first-order valence-electron chi connectivity index (χ1n) is 11.2. The van der Waals surface area contributed by atoms with E-state index in [2.05, 4.69) is 20.6 Å². The molecule has 1 aliphatic rings. The van der Waals surface area contributed by atoms with Crippen molar-refractivity contribution in [1.82, 2.24) is 9.97 Å². The van der Waals surface area contributed by atoms with Crippen LogP contribution in [0.2, 0.25) is 0 Å². The van der Waals surface area contributed by atoms with Crippen LogP contribution in [-0.4, -0.2) is 35.1 Å². The minimum atomic E-state index is -0.599. The molecule has 0 radical (unpaired) electrons. The number of benzene rings is 2. The van der Waals surface area contributed by atoms with Crippen molar-refractivity contribution >= 4 is 23.4 Å². The second-order valence-electron chi connectivity index (χ2n) is 8.41. The van der Waals surface area contributed by atoms with E-state index in [0.717, 1.165) is 53.8 Å². The van der Waals surface area contributed by atoms with Gasteiger partial charge in [0.05, 0.1) is 7.11 Å². The fourth-order valence-corrected chi connectivity index (χ4v) is 4.14. The number of aromatic nitrogens is 2. The quantitative estimate of drug-likeness (QED) is 0.432. The summed E-state index contributed by atoms with van der Waals surface area (Å²) in [5.74, 6) is 0.999. The number of ether oxygens (including phenoxy) is 1. The van der Waals surface area contributed by atoms with E-state index in [1.165, 1.54) is 6.20 Å². The van der Waals surface area contributed by atoms with E-state index in [9.17, 15) is 4.79 Å². The molecule has 0 unspecified atom stereocenters. The second kappa shape index (κ2) is 9.87. The number of rotatable bonds is 7. The molecule has 1 aromatic heterocycles. The molecule has 8 nitrogen and oxygen atoms in total. The molecule has 2 atom stereocenters. The molecular formula is C25H30N6O2. The molecule has 2 aromatic carbocycles. The van der Waals surface area contributed by atoms with Gasteiger partial charge in [-0.05, 0) is 54.7 Å². The van der Waals surface area contributed by atoms with Crippen molar-refractivity contribution in [3.63, 3.8) is 0 Å². The molecule has 8 heteroatoms. The third-order valence-electron chi connectivity index (χ3n) is 6.05. The number of anilines is 3. The highest BCUT2D eigenvalue weighted by atomic mass is 16.5. The van der Waals surface area contributed by atoms with Crippen molar-refractivity contribution in [2.45, 2.75) is 44.7 Å². The van der Waals surface area contributed by atoms with E-state index >= 15 is 0 Å². The molecule has 1 saturated carbocycles. The fraction of sp³-hybridized carbons (Fsp3) is 0.320. The zero-order valence-corrected chi connectivity index (χ0v) is 19.0. The largest absolute Gasteiger partial charge is 0.496 e. The third-order valence-corrected chi connectivity index (χ3v) is 6.05. The number of hydrogen-bond acceptors (Lipinski definition) is 7. The van der Waals surface area contributed by atoms with Crippen LogP contribution in [0.1, 0.15) is 41.6 Å². The van der Waals surface area contributed by atoms with Gasteiger partial charge in [0.2, 0.25) is 5.95 Å². The SMILES string of the molecule is COc1cc(-c2cccc(Nc3nc(N[C@@H]4CCCC[C@@H]4N)ncc3C(N)=O)c2)ccc1C. The number of primary amides is 1. The summed E-state index contributed by atoms with van der Waals surface area (Å²) in [6.45, 7) is 2.01. The lowest BCUT2D eigenvalue weighted by Crippen LogP contribution is -2.43. The van der Waals surface area contributed by atoms with Crippen LogP contribution < -0.4 is 26.8 Å². The Morgan fingerprint density at radius 2 is 1.91 bits per heavy atom. The van der Waals surface area contributed by atoms with Gasteiger partial charge >= 0.3 is 0 Å². The Labute approximate surface area is 193 Å². The highest BCUT2D eigenvalue weighted by Crippen LogP contribution is 2.30. The van der Waals surface area contributed by atoms with Crippen molar-refractivity contribution in [3.8, 4) is 16.9 Å². The summed E-state index contributed by atoms with van der Waals surface area (Å²) in [6.07, 6.45) is 5.64. The van der Waals surface area contributed by atoms with Crippen LogP contribution >= 0.6 is 0 Å². The van der Waals surface area contributed by atoms with Gasteiger partial charge in [0.15, 0.2) is 0 Å². The summed E-state index contributed by atoms with van der Waals surface area (Å²) in [7, 11) is 1.66. The van der Waals surface area contributed by atoms with Gasteiger partial charge in [-0.3, -0.25) is 4.79 Å². The van der Waals surface area contributed by atoms with Crippen molar-refractivity contribution in [1.29, 1.82) is 0 Å². The lowest BCUT2D eigenvalue weighted by molar-refractivity contribution is 0.100. The molecule has 0 bridgehead atoms. The smallest absolute Gasteiger partial charge is 0.254 e. The van der Waals surface area contributed by atoms with Crippen LogP contribution in [0, 0.1) is 6.92 Å². The molecule has 1 amide bonds. The van der Waals surface area contributed by atoms with Crippen molar-refractivity contribution in [2.75, 3.05) is 17.7 Å². The van der Waals surface area contributed by atoms with Gasteiger partial charge in [-0.2, -0.15) is 4.98 Å². The van der Waals surface area contributed by atoms with Gasteiger partial charge in [0.25, 0.3) is 5.91 Å². The highest BCUT2D eigenvalue weighted by molar-refractivity contribution is 5.98. The Morgan fingerprint density at radius 1 is 1.12 bits per heavy atom. The summed E-state index contributed by atoms with van der Waals surface area (Å²) >= 11 is 0.